The highest BCUT2D eigenvalue weighted by atomic mass is 16.1. The Labute approximate surface area is 184 Å². The molecule has 0 atom stereocenters. The molecule has 0 unspecified atom stereocenters. The Hall–Kier alpha value is -4.26. The normalized spacial score (nSPS) is 13.4. The predicted octanol–water partition coefficient (Wildman–Crippen LogP) is 4.32. The number of benzene rings is 2. The van der Waals surface area contributed by atoms with Crippen LogP contribution in [0.5, 0.6) is 0 Å². The van der Waals surface area contributed by atoms with Crippen molar-refractivity contribution < 1.29 is 0 Å². The number of nitrogens with zero attached hydrogens (tertiary/aromatic N) is 5. The average molecular weight is 420 g/mol. The zero-order chi connectivity index (χ0) is 21.5. The molecule has 0 aliphatic heterocycles. The first-order chi connectivity index (χ1) is 15.8. The summed E-state index contributed by atoms with van der Waals surface area (Å²) in [6.07, 6.45) is 6.95. The van der Waals surface area contributed by atoms with Crippen LogP contribution < -0.4 is 10.5 Å². The van der Waals surface area contributed by atoms with Gasteiger partial charge in [0.1, 0.15) is 5.65 Å². The molecule has 0 fully saturated rings. The van der Waals surface area contributed by atoms with Gasteiger partial charge in [0.15, 0.2) is 0 Å². The number of para-hydroxylation sites is 1. The third-order valence-electron chi connectivity index (χ3n) is 6.01. The van der Waals surface area contributed by atoms with Gasteiger partial charge in [0.2, 0.25) is 5.95 Å². The minimum absolute atomic E-state index is 0.0328. The van der Waals surface area contributed by atoms with Crippen LogP contribution in [0.25, 0.3) is 11.0 Å². The second-order valence-corrected chi connectivity index (χ2v) is 7.95. The number of pyridine rings is 1. The van der Waals surface area contributed by atoms with Gasteiger partial charge in [-0.1, -0.05) is 42.5 Å². The molecule has 0 radical (unpaired) electrons. The SMILES string of the molecule is O=c1ccc2cnc(N(c3ccccc3)c3cn[nH]c3)nc2n1C1Cc2ccccc2C1. The van der Waals surface area contributed by atoms with Gasteiger partial charge in [-0.3, -0.25) is 19.4 Å². The first kappa shape index (κ1) is 18.5. The van der Waals surface area contributed by atoms with E-state index in [0.717, 1.165) is 29.6 Å². The maximum Gasteiger partial charge on any atom is 0.252 e. The van der Waals surface area contributed by atoms with E-state index in [4.69, 9.17) is 4.98 Å². The Balaban J connectivity index is 1.51. The van der Waals surface area contributed by atoms with Gasteiger partial charge < -0.3 is 0 Å². The Morgan fingerprint density at radius 2 is 1.62 bits per heavy atom. The van der Waals surface area contributed by atoms with Gasteiger partial charge in [-0.05, 0) is 42.2 Å². The van der Waals surface area contributed by atoms with Crippen molar-refractivity contribution >= 4 is 28.4 Å². The van der Waals surface area contributed by atoms with E-state index in [1.54, 1.807) is 30.7 Å². The van der Waals surface area contributed by atoms with Crippen molar-refractivity contribution in [3.05, 3.63) is 107 Å². The topological polar surface area (TPSA) is 79.7 Å². The van der Waals surface area contributed by atoms with Gasteiger partial charge in [0.25, 0.3) is 5.56 Å². The van der Waals surface area contributed by atoms with Crippen molar-refractivity contribution in [2.45, 2.75) is 18.9 Å². The molecule has 1 aliphatic rings. The lowest BCUT2D eigenvalue weighted by atomic mass is 10.1. The Morgan fingerprint density at radius 3 is 2.34 bits per heavy atom. The molecule has 0 saturated heterocycles. The minimum Gasteiger partial charge on any atom is -0.289 e. The maximum absolute atomic E-state index is 13.0. The fourth-order valence-corrected chi connectivity index (χ4v) is 4.53. The number of aromatic nitrogens is 5. The molecule has 3 heterocycles. The lowest BCUT2D eigenvalue weighted by Gasteiger charge is -2.22. The summed E-state index contributed by atoms with van der Waals surface area (Å²) in [6.45, 7) is 0. The summed E-state index contributed by atoms with van der Waals surface area (Å²) in [7, 11) is 0. The van der Waals surface area contributed by atoms with Crippen LogP contribution in [-0.4, -0.2) is 24.7 Å². The van der Waals surface area contributed by atoms with Crippen LogP contribution in [0.15, 0.2) is 90.1 Å². The van der Waals surface area contributed by atoms with Crippen LogP contribution in [-0.2, 0) is 12.8 Å². The molecule has 0 saturated carbocycles. The molecule has 32 heavy (non-hydrogen) atoms. The lowest BCUT2D eigenvalue weighted by molar-refractivity contribution is 0.526. The monoisotopic (exact) mass is 420 g/mol. The zero-order valence-electron chi connectivity index (χ0n) is 17.2. The summed E-state index contributed by atoms with van der Waals surface area (Å²) in [5, 5.41) is 7.79. The van der Waals surface area contributed by atoms with E-state index in [0.29, 0.717) is 11.6 Å². The van der Waals surface area contributed by atoms with Crippen molar-refractivity contribution in [2.24, 2.45) is 0 Å². The van der Waals surface area contributed by atoms with Crippen LogP contribution in [0.3, 0.4) is 0 Å². The van der Waals surface area contributed by atoms with Crippen molar-refractivity contribution in [3.8, 4) is 0 Å². The van der Waals surface area contributed by atoms with E-state index in [-0.39, 0.29) is 11.6 Å². The van der Waals surface area contributed by atoms with Gasteiger partial charge in [-0.25, -0.2) is 4.98 Å². The molecule has 1 N–H and O–H groups in total. The molecule has 1 aliphatic carbocycles. The summed E-state index contributed by atoms with van der Waals surface area (Å²) >= 11 is 0. The maximum atomic E-state index is 13.0. The van der Waals surface area contributed by atoms with E-state index >= 15 is 0 Å². The second-order valence-electron chi connectivity index (χ2n) is 7.95. The largest absolute Gasteiger partial charge is 0.289 e. The summed E-state index contributed by atoms with van der Waals surface area (Å²) in [4.78, 5) is 24.5. The Bertz CT molecular complexity index is 1430. The van der Waals surface area contributed by atoms with E-state index < -0.39 is 0 Å². The number of hydrogen-bond donors (Lipinski definition) is 1. The number of anilines is 3. The number of rotatable bonds is 4. The number of hydrogen-bond acceptors (Lipinski definition) is 5. The van der Waals surface area contributed by atoms with Gasteiger partial charge in [-0.15, -0.1) is 0 Å². The van der Waals surface area contributed by atoms with Crippen LogP contribution in [0.4, 0.5) is 17.3 Å². The quantitative estimate of drug-likeness (QED) is 0.468. The summed E-state index contributed by atoms with van der Waals surface area (Å²) in [5.41, 5.74) is 4.90. The van der Waals surface area contributed by atoms with Gasteiger partial charge >= 0.3 is 0 Å². The minimum atomic E-state index is -0.0467. The highest BCUT2D eigenvalue weighted by molar-refractivity contribution is 5.79. The molecule has 0 amide bonds. The number of aromatic amines is 1. The molecule has 6 rings (SSSR count). The fourth-order valence-electron chi connectivity index (χ4n) is 4.53. The van der Waals surface area contributed by atoms with Crippen molar-refractivity contribution in [2.75, 3.05) is 4.90 Å². The van der Waals surface area contributed by atoms with E-state index in [9.17, 15) is 4.79 Å². The van der Waals surface area contributed by atoms with Crippen LogP contribution in [0.1, 0.15) is 17.2 Å². The molecule has 5 aromatic rings. The van der Waals surface area contributed by atoms with Gasteiger partial charge in [-0.2, -0.15) is 10.1 Å². The Kier molecular flexibility index (Phi) is 4.31. The van der Waals surface area contributed by atoms with E-state index in [1.165, 1.54) is 11.1 Å². The van der Waals surface area contributed by atoms with Crippen LogP contribution in [0.2, 0.25) is 0 Å². The summed E-state index contributed by atoms with van der Waals surface area (Å²) in [6, 6.07) is 21.7. The lowest BCUT2D eigenvalue weighted by Crippen LogP contribution is -2.26. The smallest absolute Gasteiger partial charge is 0.252 e. The highest BCUT2D eigenvalue weighted by Gasteiger charge is 2.26. The molecule has 7 heteroatoms. The average Bonchev–Trinajstić information content (AvgIpc) is 3.50. The molecule has 3 aromatic heterocycles. The van der Waals surface area contributed by atoms with Crippen molar-refractivity contribution in [3.63, 3.8) is 0 Å². The van der Waals surface area contributed by atoms with Crippen LogP contribution >= 0.6 is 0 Å². The first-order valence-corrected chi connectivity index (χ1v) is 10.6. The first-order valence-electron chi connectivity index (χ1n) is 10.6. The number of nitrogens with one attached hydrogen (secondary N) is 1. The van der Waals surface area contributed by atoms with Crippen molar-refractivity contribution in [1.29, 1.82) is 0 Å². The molecule has 156 valence electrons. The highest BCUT2D eigenvalue weighted by Crippen LogP contribution is 2.33. The number of fused-ring (bicyclic) bond motifs is 2. The molecular weight excluding hydrogens is 400 g/mol. The molecule has 0 bridgehead atoms. The number of H-pyrrole nitrogens is 1. The van der Waals surface area contributed by atoms with Crippen LogP contribution in [0, 0.1) is 0 Å². The molecular formula is C25H20N6O. The van der Waals surface area contributed by atoms with E-state index in [1.807, 2.05) is 39.8 Å². The summed E-state index contributed by atoms with van der Waals surface area (Å²) in [5.74, 6) is 0.486. The van der Waals surface area contributed by atoms with Gasteiger partial charge in [0.05, 0.1) is 11.9 Å². The van der Waals surface area contributed by atoms with E-state index in [2.05, 4.69) is 39.4 Å². The zero-order valence-corrected chi connectivity index (χ0v) is 17.2. The molecule has 0 spiro atoms. The summed E-state index contributed by atoms with van der Waals surface area (Å²) < 4.78 is 1.83. The molecule has 2 aromatic carbocycles. The fraction of sp³-hybridized carbons (Fsp3) is 0.120. The van der Waals surface area contributed by atoms with Gasteiger partial charge in [0, 0.05) is 35.6 Å². The van der Waals surface area contributed by atoms with Crippen molar-refractivity contribution in [1.82, 2.24) is 24.7 Å². The predicted molar refractivity (Wildman–Crippen MR) is 124 cm³/mol. The standard InChI is InChI=1S/C25H20N6O/c32-23-11-10-19-14-26-25(30(22-15-27-28-16-22)20-8-2-1-3-9-20)29-24(19)31(23)21-12-17-6-4-5-7-18(17)13-21/h1-11,14-16,21H,12-13H2,(H,27,28). The molecule has 7 nitrogen and oxygen atoms in total. The third kappa shape index (κ3) is 3.06. The Morgan fingerprint density at radius 1 is 0.875 bits per heavy atom. The third-order valence-corrected chi connectivity index (χ3v) is 6.01. The second kappa shape index (κ2) is 7.46.